The molecule has 0 spiro atoms. The summed E-state index contributed by atoms with van der Waals surface area (Å²) in [5.41, 5.74) is 7.26. The van der Waals surface area contributed by atoms with E-state index < -0.39 is 6.04 Å². The fourth-order valence-corrected chi connectivity index (χ4v) is 2.21. The highest BCUT2D eigenvalue weighted by Crippen LogP contribution is 2.13. The number of anilines is 1. The lowest BCUT2D eigenvalue weighted by Gasteiger charge is -2.19. The molecule has 1 atom stereocenters. The van der Waals surface area contributed by atoms with Crippen LogP contribution in [0.25, 0.3) is 0 Å². The lowest BCUT2D eigenvalue weighted by atomic mass is 10.1. The van der Waals surface area contributed by atoms with E-state index in [1.54, 1.807) is 11.0 Å². The minimum Gasteiger partial charge on any atom is -0.346 e. The second kappa shape index (κ2) is 11.5. The van der Waals surface area contributed by atoms with Crippen LogP contribution in [0.1, 0.15) is 33.3 Å². The molecule has 146 valence electrons. The van der Waals surface area contributed by atoms with Crippen LogP contribution in [0.5, 0.6) is 0 Å². The number of nitrogens with zero attached hydrogens (tertiary/aromatic N) is 1. The van der Waals surface area contributed by atoms with Crippen molar-refractivity contribution in [3.8, 4) is 0 Å². The quantitative estimate of drug-likeness (QED) is 0.631. The Morgan fingerprint density at radius 2 is 1.88 bits per heavy atom. The number of carbonyl (C=O) groups excluding carboxylic acids is 3. The van der Waals surface area contributed by atoms with Crippen LogP contribution in [0.4, 0.5) is 5.69 Å². The predicted molar refractivity (Wildman–Crippen MR) is 105 cm³/mol. The lowest BCUT2D eigenvalue weighted by molar-refractivity contribution is -0.129. The van der Waals surface area contributed by atoms with Gasteiger partial charge in [0.15, 0.2) is 0 Å². The Bertz CT molecular complexity index is 622. The third kappa shape index (κ3) is 7.84. The maximum Gasteiger partial charge on any atom is 0.243 e. The van der Waals surface area contributed by atoms with Crippen molar-refractivity contribution in [2.45, 2.75) is 40.3 Å². The molecule has 0 heterocycles. The van der Waals surface area contributed by atoms with Crippen molar-refractivity contribution in [3.63, 3.8) is 0 Å². The molecule has 0 bridgehead atoms. The molecule has 0 fully saturated rings. The molecule has 0 radical (unpaired) electrons. The van der Waals surface area contributed by atoms with Crippen LogP contribution in [-0.4, -0.2) is 41.8 Å². The van der Waals surface area contributed by atoms with E-state index in [0.717, 1.165) is 5.56 Å². The molecule has 8 heteroatoms. The van der Waals surface area contributed by atoms with Gasteiger partial charge in [0.05, 0.1) is 12.6 Å². The van der Waals surface area contributed by atoms with E-state index in [-0.39, 0.29) is 42.6 Å². The fourth-order valence-electron chi connectivity index (χ4n) is 2.21. The van der Waals surface area contributed by atoms with Gasteiger partial charge in [-0.1, -0.05) is 26.0 Å². The second-order valence-electron chi connectivity index (χ2n) is 6.27. The third-order valence-electron chi connectivity index (χ3n) is 3.86. The zero-order valence-corrected chi connectivity index (χ0v) is 16.6. The molecule has 1 aromatic rings. The zero-order chi connectivity index (χ0) is 19.0. The molecule has 4 N–H and O–H groups in total. The first-order chi connectivity index (χ1) is 11.7. The lowest BCUT2D eigenvalue weighted by Crippen LogP contribution is -2.46. The van der Waals surface area contributed by atoms with E-state index in [2.05, 4.69) is 10.6 Å². The number of halogens is 1. The number of carbonyl (C=O) groups is 3. The number of nitrogens with two attached hydrogens (primary N) is 1. The summed E-state index contributed by atoms with van der Waals surface area (Å²) in [4.78, 5) is 36.9. The highest BCUT2D eigenvalue weighted by atomic mass is 35.5. The van der Waals surface area contributed by atoms with Crippen molar-refractivity contribution in [2.24, 2.45) is 11.7 Å². The zero-order valence-electron chi connectivity index (χ0n) is 15.7. The molecule has 0 aliphatic carbocycles. The average Bonchev–Trinajstić information content (AvgIpc) is 2.56. The molecule has 0 saturated heterocycles. The van der Waals surface area contributed by atoms with Crippen LogP contribution in [0.3, 0.4) is 0 Å². The standard InChI is InChI=1S/C18H28N4O3.ClH/c1-5-22(13(4)23)11-14-7-6-8-15(9-14)21-16(24)10-20-18(25)17(19)12(2)3;/h6-9,12,17H,5,10-11,19H2,1-4H3,(H,20,25)(H,21,24);1H/t17-;/m0./s1. The average molecular weight is 385 g/mol. The molecule has 0 aliphatic heterocycles. The summed E-state index contributed by atoms with van der Waals surface area (Å²) in [5, 5.41) is 5.25. The molecule has 0 aromatic heterocycles. The van der Waals surface area contributed by atoms with Crippen LogP contribution in [0.15, 0.2) is 24.3 Å². The van der Waals surface area contributed by atoms with Crippen molar-refractivity contribution in [1.29, 1.82) is 0 Å². The van der Waals surface area contributed by atoms with Gasteiger partial charge in [0.2, 0.25) is 17.7 Å². The van der Waals surface area contributed by atoms with Crippen molar-refractivity contribution in [1.82, 2.24) is 10.2 Å². The molecule has 0 unspecified atom stereocenters. The van der Waals surface area contributed by atoms with Crippen LogP contribution < -0.4 is 16.4 Å². The van der Waals surface area contributed by atoms with Gasteiger partial charge < -0.3 is 21.3 Å². The SMILES string of the molecule is CCN(Cc1cccc(NC(=O)CNC(=O)[C@@H](N)C(C)C)c1)C(C)=O.Cl. The first-order valence-electron chi connectivity index (χ1n) is 8.42. The smallest absolute Gasteiger partial charge is 0.243 e. The molecular formula is C18H29ClN4O3. The highest BCUT2D eigenvalue weighted by Gasteiger charge is 2.17. The summed E-state index contributed by atoms with van der Waals surface area (Å²) in [6.07, 6.45) is 0. The van der Waals surface area contributed by atoms with E-state index in [1.165, 1.54) is 6.92 Å². The van der Waals surface area contributed by atoms with Gasteiger partial charge >= 0.3 is 0 Å². The molecule has 1 rings (SSSR count). The molecule has 0 saturated carbocycles. The van der Waals surface area contributed by atoms with Gasteiger partial charge in [-0.2, -0.15) is 0 Å². The number of rotatable bonds is 8. The number of amides is 3. The van der Waals surface area contributed by atoms with E-state index in [4.69, 9.17) is 5.73 Å². The molecule has 7 nitrogen and oxygen atoms in total. The minimum absolute atomic E-state index is 0. The molecule has 0 aliphatic rings. The Kier molecular flexibility index (Phi) is 10.6. The maximum absolute atomic E-state index is 12.0. The Labute approximate surface area is 161 Å². The van der Waals surface area contributed by atoms with Gasteiger partial charge in [0, 0.05) is 25.7 Å². The summed E-state index contributed by atoms with van der Waals surface area (Å²) in [7, 11) is 0. The third-order valence-corrected chi connectivity index (χ3v) is 3.86. The van der Waals surface area contributed by atoms with Crippen molar-refractivity contribution >= 4 is 35.8 Å². The Morgan fingerprint density at radius 1 is 1.23 bits per heavy atom. The van der Waals surface area contributed by atoms with Gasteiger partial charge in [-0.3, -0.25) is 14.4 Å². The summed E-state index contributed by atoms with van der Waals surface area (Å²) in [6, 6.07) is 6.64. The van der Waals surface area contributed by atoms with Crippen molar-refractivity contribution in [2.75, 3.05) is 18.4 Å². The number of benzene rings is 1. The molecule has 26 heavy (non-hydrogen) atoms. The van der Waals surface area contributed by atoms with E-state index in [1.807, 2.05) is 39.0 Å². The number of hydrogen-bond acceptors (Lipinski definition) is 4. The van der Waals surface area contributed by atoms with Crippen LogP contribution >= 0.6 is 12.4 Å². The second-order valence-corrected chi connectivity index (χ2v) is 6.27. The summed E-state index contributed by atoms with van der Waals surface area (Å²) in [5.74, 6) is -0.678. The Balaban J connectivity index is 0.00000625. The monoisotopic (exact) mass is 384 g/mol. The molecule has 1 aromatic carbocycles. The highest BCUT2D eigenvalue weighted by molar-refractivity contribution is 5.95. The van der Waals surface area contributed by atoms with Gasteiger partial charge in [-0.15, -0.1) is 12.4 Å². The summed E-state index contributed by atoms with van der Waals surface area (Å²) < 4.78 is 0. The largest absolute Gasteiger partial charge is 0.346 e. The van der Waals surface area contributed by atoms with Crippen molar-refractivity contribution in [3.05, 3.63) is 29.8 Å². The van der Waals surface area contributed by atoms with Gasteiger partial charge in [0.25, 0.3) is 0 Å². The topological polar surface area (TPSA) is 105 Å². The fraction of sp³-hybridized carbons (Fsp3) is 0.500. The van der Waals surface area contributed by atoms with Gasteiger partial charge in [0.1, 0.15) is 0 Å². The van der Waals surface area contributed by atoms with Crippen LogP contribution in [-0.2, 0) is 20.9 Å². The first kappa shape index (κ1) is 23.9. The van der Waals surface area contributed by atoms with E-state index in [9.17, 15) is 14.4 Å². The number of hydrogen-bond donors (Lipinski definition) is 3. The summed E-state index contributed by atoms with van der Waals surface area (Å²) >= 11 is 0. The molecular weight excluding hydrogens is 356 g/mol. The van der Waals surface area contributed by atoms with Gasteiger partial charge in [-0.25, -0.2) is 0 Å². The Hall–Kier alpha value is -2.12. The van der Waals surface area contributed by atoms with Crippen molar-refractivity contribution < 1.29 is 14.4 Å². The Morgan fingerprint density at radius 3 is 2.42 bits per heavy atom. The first-order valence-corrected chi connectivity index (χ1v) is 8.42. The summed E-state index contributed by atoms with van der Waals surface area (Å²) in [6.45, 7) is 8.09. The van der Waals surface area contributed by atoms with E-state index in [0.29, 0.717) is 18.8 Å². The minimum atomic E-state index is -0.636. The van der Waals surface area contributed by atoms with Crippen LogP contribution in [0.2, 0.25) is 0 Å². The van der Waals surface area contributed by atoms with Crippen LogP contribution in [0, 0.1) is 5.92 Å². The van der Waals surface area contributed by atoms with E-state index >= 15 is 0 Å². The number of nitrogens with one attached hydrogen (secondary N) is 2. The maximum atomic E-state index is 12.0. The molecule has 3 amide bonds. The van der Waals surface area contributed by atoms with Gasteiger partial charge in [-0.05, 0) is 30.5 Å². The predicted octanol–water partition coefficient (Wildman–Crippen LogP) is 1.51. The normalized spacial score (nSPS) is 11.3.